The molecule has 0 fully saturated rings. The number of hydrogen-bond donors (Lipinski definition) is 2. The van der Waals surface area contributed by atoms with E-state index in [-0.39, 0.29) is 0 Å². The van der Waals surface area contributed by atoms with E-state index >= 15 is 0 Å². The smallest absolute Gasteiger partial charge is 0.193 e. The van der Waals surface area contributed by atoms with Crippen LogP contribution in [0.15, 0.2) is 12.1 Å². The van der Waals surface area contributed by atoms with Crippen LogP contribution < -0.4 is 4.72 Å². The number of aryl methyl sites for hydroxylation is 2. The number of aromatic nitrogens is 1. The average Bonchev–Trinajstić information content (AvgIpc) is 3.30. The minimum atomic E-state index is 0.920. The number of hydrogen-bond acceptors (Lipinski definition) is 4. The zero-order chi connectivity index (χ0) is 25.0. The number of rotatable bonds is 23. The van der Waals surface area contributed by atoms with E-state index in [1.807, 2.05) is 0 Å². The lowest BCUT2D eigenvalue weighted by atomic mass is 9.95. The molecule has 0 aliphatic rings. The highest BCUT2D eigenvalue weighted by atomic mass is 32.1. The molecule has 4 heteroatoms. The summed E-state index contributed by atoms with van der Waals surface area (Å²) in [4.78, 5) is 4.89. The Kier molecular flexibility index (Phi) is 17.7. The molecule has 0 radical (unpaired) electrons. The van der Waals surface area contributed by atoms with Crippen LogP contribution in [0.5, 0.6) is 0 Å². The van der Waals surface area contributed by atoms with Crippen molar-refractivity contribution < 1.29 is 0 Å². The van der Waals surface area contributed by atoms with E-state index in [0.29, 0.717) is 0 Å². The summed E-state index contributed by atoms with van der Waals surface area (Å²) in [6.45, 7) is 4.59. The molecule has 0 amide bonds. The van der Waals surface area contributed by atoms with Crippen LogP contribution in [0.1, 0.15) is 153 Å². The van der Waals surface area contributed by atoms with Gasteiger partial charge in [0.1, 0.15) is 0 Å². The molecule has 1 aromatic heterocycles. The fourth-order valence-electron chi connectivity index (χ4n) is 5.24. The predicted molar refractivity (Wildman–Crippen MR) is 163 cm³/mol. The van der Waals surface area contributed by atoms with Crippen LogP contribution in [-0.2, 0) is 12.8 Å². The van der Waals surface area contributed by atoms with Crippen molar-refractivity contribution in [2.75, 3.05) is 4.72 Å². The summed E-state index contributed by atoms with van der Waals surface area (Å²) >= 11 is 5.97. The molecule has 0 bridgehead atoms. The molecule has 0 saturated heterocycles. The summed E-state index contributed by atoms with van der Waals surface area (Å²) in [6, 6.07) is 4.68. The van der Waals surface area contributed by atoms with Gasteiger partial charge in [0.15, 0.2) is 5.13 Å². The van der Waals surface area contributed by atoms with Gasteiger partial charge in [-0.05, 0) is 42.9 Å². The number of nitrogens with one attached hydrogen (secondary N) is 1. The summed E-state index contributed by atoms with van der Waals surface area (Å²) in [7, 11) is 0. The van der Waals surface area contributed by atoms with E-state index in [4.69, 9.17) is 4.98 Å². The van der Waals surface area contributed by atoms with Gasteiger partial charge in [0.2, 0.25) is 0 Å². The summed E-state index contributed by atoms with van der Waals surface area (Å²) in [5.74, 6) is 0. The molecule has 2 aromatic rings. The third kappa shape index (κ3) is 12.9. The molecule has 1 N–H and O–H groups in total. The van der Waals surface area contributed by atoms with Gasteiger partial charge in [0.25, 0.3) is 0 Å². The SMILES string of the molecule is CCCCCCCCCCCCc1ccc2sc(NS)nc2c1CCCCCCCCCCCC. The van der Waals surface area contributed by atoms with Crippen molar-refractivity contribution in [3.05, 3.63) is 23.3 Å². The lowest BCUT2D eigenvalue weighted by Crippen LogP contribution is -1.97. The largest absolute Gasteiger partial charge is 0.308 e. The number of unbranched alkanes of at least 4 members (excludes halogenated alkanes) is 18. The Bertz CT molecular complexity index is 771. The number of fused-ring (bicyclic) bond motifs is 1. The topological polar surface area (TPSA) is 24.9 Å². The van der Waals surface area contributed by atoms with Gasteiger partial charge in [0.05, 0.1) is 10.2 Å². The summed E-state index contributed by atoms with van der Waals surface area (Å²) < 4.78 is 4.26. The van der Waals surface area contributed by atoms with E-state index in [1.165, 1.54) is 157 Å². The monoisotopic (exact) mass is 518 g/mol. The van der Waals surface area contributed by atoms with Crippen LogP contribution in [0, 0.1) is 0 Å². The number of anilines is 1. The van der Waals surface area contributed by atoms with Crippen molar-refractivity contribution in [3.63, 3.8) is 0 Å². The van der Waals surface area contributed by atoms with Crippen LogP contribution in [0.25, 0.3) is 10.2 Å². The van der Waals surface area contributed by atoms with Gasteiger partial charge < -0.3 is 4.72 Å². The van der Waals surface area contributed by atoms with Crippen molar-refractivity contribution in [2.24, 2.45) is 0 Å². The molecule has 0 saturated carbocycles. The van der Waals surface area contributed by atoms with Crippen LogP contribution >= 0.6 is 24.2 Å². The second-order valence-corrected chi connectivity index (χ2v) is 11.8. The van der Waals surface area contributed by atoms with E-state index < -0.39 is 0 Å². The van der Waals surface area contributed by atoms with Crippen LogP contribution in [-0.4, -0.2) is 4.98 Å². The third-order valence-electron chi connectivity index (χ3n) is 7.44. The van der Waals surface area contributed by atoms with Gasteiger partial charge in [-0.1, -0.05) is 160 Å². The Morgan fingerprint density at radius 2 is 1.09 bits per heavy atom. The van der Waals surface area contributed by atoms with Crippen LogP contribution in [0.2, 0.25) is 0 Å². The van der Waals surface area contributed by atoms with E-state index in [1.54, 1.807) is 16.9 Å². The second-order valence-electron chi connectivity index (χ2n) is 10.5. The zero-order valence-corrected chi connectivity index (χ0v) is 24.7. The summed E-state index contributed by atoms with van der Waals surface area (Å²) in [5.41, 5.74) is 4.29. The molecule has 0 unspecified atom stereocenters. The van der Waals surface area contributed by atoms with Crippen molar-refractivity contribution in [1.29, 1.82) is 0 Å². The van der Waals surface area contributed by atoms with Crippen molar-refractivity contribution in [1.82, 2.24) is 4.98 Å². The van der Waals surface area contributed by atoms with Crippen molar-refractivity contribution in [3.8, 4) is 0 Å². The van der Waals surface area contributed by atoms with Gasteiger partial charge in [-0.15, -0.1) is 0 Å². The maximum atomic E-state index is 4.89. The van der Waals surface area contributed by atoms with Gasteiger partial charge in [0, 0.05) is 0 Å². The highest BCUT2D eigenvalue weighted by molar-refractivity contribution is 7.82. The lowest BCUT2D eigenvalue weighted by Gasteiger charge is -2.11. The fraction of sp³-hybridized carbons (Fsp3) is 0.774. The third-order valence-corrected chi connectivity index (χ3v) is 8.74. The van der Waals surface area contributed by atoms with E-state index in [0.717, 1.165) is 5.13 Å². The number of nitrogens with zero attached hydrogens (tertiary/aromatic N) is 1. The number of thiazole rings is 1. The average molecular weight is 519 g/mol. The van der Waals surface area contributed by atoms with E-state index in [9.17, 15) is 0 Å². The van der Waals surface area contributed by atoms with E-state index in [2.05, 4.69) is 43.5 Å². The quantitative estimate of drug-likeness (QED) is 0.113. The minimum Gasteiger partial charge on any atom is -0.308 e. The van der Waals surface area contributed by atoms with Crippen LogP contribution in [0.4, 0.5) is 5.13 Å². The summed E-state index contributed by atoms with van der Waals surface area (Å²) in [5, 5.41) is 0.920. The molecule has 0 aliphatic heterocycles. The molecule has 2 nitrogen and oxygen atoms in total. The molecule has 0 atom stereocenters. The molecule has 1 aromatic carbocycles. The Labute approximate surface area is 227 Å². The Balaban J connectivity index is 1.73. The highest BCUT2D eigenvalue weighted by Gasteiger charge is 2.12. The van der Waals surface area contributed by atoms with Gasteiger partial charge >= 0.3 is 0 Å². The predicted octanol–water partition coefficient (Wildman–Crippen LogP) is 11.5. The standard InChI is InChI=1S/C31H54N2S2/c1-3-5-7-9-11-13-15-17-19-21-23-27-25-26-29-30(32-31(33-34)35-29)28(27)24-22-20-18-16-14-12-10-8-6-4-2/h25-26,34H,3-24H2,1-2H3,(H,32,33). The Morgan fingerprint density at radius 3 is 1.57 bits per heavy atom. The molecule has 35 heavy (non-hydrogen) atoms. The fourth-order valence-corrected chi connectivity index (χ4v) is 6.22. The Hall–Kier alpha value is -0.740. The first kappa shape index (κ1) is 30.5. The first-order valence-corrected chi connectivity index (χ1v) is 16.4. The maximum Gasteiger partial charge on any atom is 0.193 e. The molecular weight excluding hydrogens is 464 g/mol. The molecule has 1 heterocycles. The van der Waals surface area contributed by atoms with Gasteiger partial charge in [-0.3, -0.25) is 0 Å². The normalized spacial score (nSPS) is 11.5. The number of benzene rings is 1. The van der Waals surface area contributed by atoms with Crippen LogP contribution in [0.3, 0.4) is 0 Å². The molecular formula is C31H54N2S2. The maximum absolute atomic E-state index is 4.89. The molecule has 200 valence electrons. The Morgan fingerprint density at radius 1 is 0.629 bits per heavy atom. The minimum absolute atomic E-state index is 0.920. The molecule has 0 aliphatic carbocycles. The van der Waals surface area contributed by atoms with Crippen molar-refractivity contribution in [2.45, 2.75) is 155 Å². The second kappa shape index (κ2) is 20.3. The zero-order valence-electron chi connectivity index (χ0n) is 23.0. The molecule has 0 spiro atoms. The van der Waals surface area contributed by atoms with Gasteiger partial charge in [-0.25, -0.2) is 4.98 Å². The highest BCUT2D eigenvalue weighted by Crippen LogP contribution is 2.32. The summed E-state index contributed by atoms with van der Waals surface area (Å²) in [6.07, 6.45) is 30.3. The first-order valence-electron chi connectivity index (χ1n) is 15.1. The molecule has 2 rings (SSSR count). The first-order chi connectivity index (χ1) is 17.3. The van der Waals surface area contributed by atoms with Crippen molar-refractivity contribution >= 4 is 39.5 Å². The number of thiol groups is 1. The van der Waals surface area contributed by atoms with Gasteiger partial charge in [-0.2, -0.15) is 0 Å². The lowest BCUT2D eigenvalue weighted by molar-refractivity contribution is 0.553.